The summed E-state index contributed by atoms with van der Waals surface area (Å²) < 4.78 is 7.13. The third-order valence-electron chi connectivity index (χ3n) is 4.39. The second-order valence-electron chi connectivity index (χ2n) is 6.52. The molecule has 0 aliphatic carbocycles. The fourth-order valence-electron chi connectivity index (χ4n) is 2.95. The van der Waals surface area contributed by atoms with Crippen LogP contribution in [0.1, 0.15) is 11.1 Å². The minimum atomic E-state index is -0.454. The molecule has 0 fully saturated rings. The number of carbonyl (C=O) groups is 1. The molecule has 0 aliphatic heterocycles. The van der Waals surface area contributed by atoms with Crippen LogP contribution in [0.2, 0.25) is 0 Å². The molecular weight excluding hydrogens is 376 g/mol. The van der Waals surface area contributed by atoms with Crippen LogP contribution in [0.4, 0.5) is 0 Å². The second-order valence-corrected chi connectivity index (χ2v) is 6.52. The van der Waals surface area contributed by atoms with Crippen LogP contribution in [0.5, 0.6) is 5.75 Å². The van der Waals surface area contributed by atoms with Gasteiger partial charge in [-0.05, 0) is 23.8 Å². The van der Waals surface area contributed by atoms with Crippen molar-refractivity contribution in [1.29, 1.82) is 5.26 Å². The molecule has 1 heterocycles. The number of nitriles is 1. The first-order valence-electron chi connectivity index (χ1n) is 9.41. The third kappa shape index (κ3) is 5.03. The molecule has 6 nitrogen and oxygen atoms in total. The van der Waals surface area contributed by atoms with Gasteiger partial charge >= 0.3 is 0 Å². The molecule has 0 saturated heterocycles. The molecule has 0 spiro atoms. The van der Waals surface area contributed by atoms with Gasteiger partial charge < -0.3 is 10.1 Å². The lowest BCUT2D eigenvalue weighted by molar-refractivity contribution is -0.116. The summed E-state index contributed by atoms with van der Waals surface area (Å²) in [6.07, 6.45) is 4.95. The van der Waals surface area contributed by atoms with Gasteiger partial charge in [-0.3, -0.25) is 9.48 Å². The Hall–Kier alpha value is -4.11. The van der Waals surface area contributed by atoms with E-state index in [4.69, 9.17) is 9.84 Å². The zero-order valence-electron chi connectivity index (χ0n) is 16.7. The Morgan fingerprint density at radius 3 is 2.77 bits per heavy atom. The zero-order valence-corrected chi connectivity index (χ0v) is 16.7. The van der Waals surface area contributed by atoms with Crippen molar-refractivity contribution in [1.82, 2.24) is 15.1 Å². The van der Waals surface area contributed by atoms with E-state index in [9.17, 15) is 10.1 Å². The molecule has 3 aromatic rings. The average Bonchev–Trinajstić information content (AvgIpc) is 3.18. The van der Waals surface area contributed by atoms with Crippen molar-refractivity contribution in [2.24, 2.45) is 0 Å². The maximum absolute atomic E-state index is 12.3. The van der Waals surface area contributed by atoms with Crippen LogP contribution in [-0.4, -0.2) is 29.3 Å². The number of aromatic nitrogens is 2. The van der Waals surface area contributed by atoms with E-state index in [-0.39, 0.29) is 12.1 Å². The summed E-state index contributed by atoms with van der Waals surface area (Å²) in [7, 11) is 1.60. The molecule has 1 amide bonds. The Morgan fingerprint density at radius 2 is 2.07 bits per heavy atom. The Morgan fingerprint density at radius 1 is 1.27 bits per heavy atom. The molecule has 30 heavy (non-hydrogen) atoms. The summed E-state index contributed by atoms with van der Waals surface area (Å²) in [6.45, 7) is 4.42. The highest BCUT2D eigenvalue weighted by molar-refractivity contribution is 6.02. The van der Waals surface area contributed by atoms with Crippen LogP contribution in [0, 0.1) is 11.3 Å². The second kappa shape index (κ2) is 9.89. The van der Waals surface area contributed by atoms with Crippen molar-refractivity contribution < 1.29 is 9.53 Å². The van der Waals surface area contributed by atoms with Gasteiger partial charge in [-0.2, -0.15) is 10.4 Å². The lowest BCUT2D eigenvalue weighted by atomic mass is 10.1. The van der Waals surface area contributed by atoms with Crippen LogP contribution < -0.4 is 10.1 Å². The lowest BCUT2D eigenvalue weighted by Crippen LogP contribution is -2.24. The minimum Gasteiger partial charge on any atom is -0.497 e. The van der Waals surface area contributed by atoms with Gasteiger partial charge in [0.1, 0.15) is 17.4 Å². The third-order valence-corrected chi connectivity index (χ3v) is 4.39. The van der Waals surface area contributed by atoms with Crippen LogP contribution in [0.25, 0.3) is 17.3 Å². The fraction of sp³-hybridized carbons (Fsp3) is 0.125. The fourth-order valence-corrected chi connectivity index (χ4v) is 2.95. The zero-order chi connectivity index (χ0) is 21.3. The van der Waals surface area contributed by atoms with Crippen molar-refractivity contribution in [2.75, 3.05) is 13.7 Å². The number of hydrogen-bond donors (Lipinski definition) is 1. The van der Waals surface area contributed by atoms with Crippen molar-refractivity contribution in [2.45, 2.75) is 6.54 Å². The molecule has 1 N–H and O–H groups in total. The summed E-state index contributed by atoms with van der Waals surface area (Å²) >= 11 is 0. The molecule has 0 atom stereocenters. The first-order valence-corrected chi connectivity index (χ1v) is 9.41. The summed E-state index contributed by atoms with van der Waals surface area (Å²) in [5.74, 6) is 0.245. The van der Waals surface area contributed by atoms with Gasteiger partial charge in [-0.1, -0.05) is 48.5 Å². The van der Waals surface area contributed by atoms with E-state index in [0.29, 0.717) is 23.6 Å². The molecule has 1 aromatic heterocycles. The van der Waals surface area contributed by atoms with Crippen LogP contribution in [-0.2, 0) is 11.3 Å². The number of nitrogens with one attached hydrogen (secondary N) is 1. The Balaban J connectivity index is 2.04. The number of methoxy groups -OCH3 is 1. The van der Waals surface area contributed by atoms with Crippen molar-refractivity contribution in [3.05, 3.63) is 90.1 Å². The molecule has 0 unspecified atom stereocenters. The Bertz CT molecular complexity index is 1110. The largest absolute Gasteiger partial charge is 0.497 e. The summed E-state index contributed by atoms with van der Waals surface area (Å²) in [4.78, 5) is 12.3. The normalized spacial score (nSPS) is 10.9. The number of hydrogen-bond acceptors (Lipinski definition) is 4. The quantitative estimate of drug-likeness (QED) is 0.355. The average molecular weight is 398 g/mol. The van der Waals surface area contributed by atoms with E-state index in [1.807, 2.05) is 66.9 Å². The lowest BCUT2D eigenvalue weighted by Gasteiger charge is -2.04. The number of benzene rings is 2. The Kier molecular flexibility index (Phi) is 6.80. The minimum absolute atomic E-state index is 0.000238. The van der Waals surface area contributed by atoms with Gasteiger partial charge in [-0.25, -0.2) is 0 Å². The molecule has 0 aliphatic rings. The molecule has 3 rings (SSSR count). The molecule has 0 bridgehead atoms. The molecular formula is C24H22N4O2. The van der Waals surface area contributed by atoms with Crippen LogP contribution in [0.3, 0.4) is 0 Å². The van der Waals surface area contributed by atoms with Gasteiger partial charge in [0.05, 0.1) is 19.3 Å². The number of rotatable bonds is 8. The van der Waals surface area contributed by atoms with Crippen LogP contribution >= 0.6 is 0 Å². The van der Waals surface area contributed by atoms with Crippen LogP contribution in [0.15, 0.2) is 79.0 Å². The molecule has 2 aromatic carbocycles. The van der Waals surface area contributed by atoms with Gasteiger partial charge in [0.15, 0.2) is 0 Å². The molecule has 6 heteroatoms. The summed E-state index contributed by atoms with van der Waals surface area (Å²) in [5.41, 5.74) is 3.26. The predicted octanol–water partition coefficient (Wildman–Crippen LogP) is 3.82. The SMILES string of the molecule is C=CCNC(=O)/C(C#N)=C/c1cn(Cc2ccccc2)nc1-c1cccc(OC)c1. The van der Waals surface area contributed by atoms with Crippen molar-refractivity contribution >= 4 is 12.0 Å². The van der Waals surface area contributed by atoms with Gasteiger partial charge in [-0.15, -0.1) is 6.58 Å². The standard InChI is InChI=1S/C24H22N4O2/c1-3-12-26-24(29)20(15-25)13-21-17-28(16-18-8-5-4-6-9-18)27-23(21)19-10-7-11-22(14-19)30-2/h3-11,13-14,17H,1,12,16H2,2H3,(H,26,29)/b20-13+. The first kappa shape index (κ1) is 20.6. The summed E-state index contributed by atoms with van der Waals surface area (Å²) in [6, 6.07) is 19.4. The van der Waals surface area contributed by atoms with E-state index in [1.54, 1.807) is 23.9 Å². The van der Waals surface area contributed by atoms with Crippen molar-refractivity contribution in [3.63, 3.8) is 0 Å². The summed E-state index contributed by atoms with van der Waals surface area (Å²) in [5, 5.41) is 16.8. The topological polar surface area (TPSA) is 79.9 Å². The van der Waals surface area contributed by atoms with Gasteiger partial charge in [0.2, 0.25) is 0 Å². The van der Waals surface area contributed by atoms with E-state index < -0.39 is 5.91 Å². The maximum atomic E-state index is 12.3. The van der Waals surface area contributed by atoms with E-state index in [1.165, 1.54) is 0 Å². The number of amides is 1. The highest BCUT2D eigenvalue weighted by atomic mass is 16.5. The highest BCUT2D eigenvalue weighted by Gasteiger charge is 2.15. The van der Waals surface area contributed by atoms with E-state index in [0.717, 1.165) is 11.1 Å². The van der Waals surface area contributed by atoms with E-state index in [2.05, 4.69) is 11.9 Å². The van der Waals surface area contributed by atoms with E-state index >= 15 is 0 Å². The number of carbonyl (C=O) groups excluding carboxylic acids is 1. The molecule has 0 radical (unpaired) electrons. The van der Waals surface area contributed by atoms with Gasteiger partial charge in [0.25, 0.3) is 5.91 Å². The highest BCUT2D eigenvalue weighted by Crippen LogP contribution is 2.27. The molecule has 150 valence electrons. The van der Waals surface area contributed by atoms with Gasteiger partial charge in [0, 0.05) is 23.9 Å². The number of nitrogens with zero attached hydrogens (tertiary/aromatic N) is 3. The maximum Gasteiger partial charge on any atom is 0.262 e. The predicted molar refractivity (Wildman–Crippen MR) is 117 cm³/mol. The number of ether oxygens (including phenoxy) is 1. The Labute approximate surface area is 175 Å². The first-order chi connectivity index (χ1) is 14.6. The molecule has 0 saturated carbocycles. The monoisotopic (exact) mass is 398 g/mol. The van der Waals surface area contributed by atoms with Crippen molar-refractivity contribution in [3.8, 4) is 23.1 Å². The smallest absolute Gasteiger partial charge is 0.262 e.